The Balaban J connectivity index is 0. The summed E-state index contributed by atoms with van der Waals surface area (Å²) in [4.78, 5) is 0. The monoisotopic (exact) mass is 208 g/mol. The van der Waals surface area contributed by atoms with Crippen LogP contribution < -0.4 is 0 Å². The maximum Gasteiger partial charge on any atom is -0.0256 e. The Labute approximate surface area is 96.7 Å². The van der Waals surface area contributed by atoms with E-state index in [2.05, 4.69) is 45.0 Å². The van der Waals surface area contributed by atoms with Gasteiger partial charge in [0.25, 0.3) is 0 Å². The normalized spacial score (nSPS) is 8.53. The van der Waals surface area contributed by atoms with Crippen LogP contribution in [0.15, 0.2) is 24.3 Å². The Bertz CT molecular complexity index is 223. The van der Waals surface area contributed by atoms with E-state index in [0.29, 0.717) is 0 Å². The summed E-state index contributed by atoms with van der Waals surface area (Å²) < 4.78 is 0. The van der Waals surface area contributed by atoms with Gasteiger partial charge in [-0.15, -0.1) is 0 Å². The lowest BCUT2D eigenvalue weighted by Crippen LogP contribution is -1.93. The van der Waals surface area contributed by atoms with Crippen LogP contribution in [-0.2, 0) is 6.42 Å². The van der Waals surface area contributed by atoms with E-state index < -0.39 is 0 Å². The van der Waals surface area contributed by atoms with Crippen LogP contribution in [0.3, 0.4) is 0 Å². The van der Waals surface area contributed by atoms with Gasteiger partial charge in [0.2, 0.25) is 0 Å². The molecule has 0 radical (unpaired) electrons. The quantitative estimate of drug-likeness (QED) is 0.623. The van der Waals surface area contributed by atoms with Crippen molar-refractivity contribution in [1.29, 1.82) is 0 Å². The fourth-order valence-corrected chi connectivity index (χ4v) is 1.31. The predicted molar refractivity (Wildman–Crippen MR) is 72.4 cm³/mol. The van der Waals surface area contributed by atoms with Crippen molar-refractivity contribution in [3.05, 3.63) is 35.4 Å². The van der Waals surface area contributed by atoms with E-state index in [0.717, 1.165) is 5.92 Å². The first-order valence-corrected chi connectivity index (χ1v) is 6.24. The molecule has 0 saturated carbocycles. The van der Waals surface area contributed by atoms with Crippen LogP contribution in [0.4, 0.5) is 0 Å². The predicted octanol–water partition coefficient (Wildman–Crippen LogP) is 5.25. The first-order chi connectivity index (χ1) is 7.18. The zero-order valence-electron chi connectivity index (χ0n) is 11.6. The lowest BCUT2D eigenvalue weighted by Gasteiger charge is -2.04. The Morgan fingerprint density at radius 3 is 1.93 bits per heavy atom. The minimum atomic E-state index is 0.761. The summed E-state index contributed by atoms with van der Waals surface area (Å²) in [5.41, 5.74) is 2.82. The van der Waals surface area contributed by atoms with Gasteiger partial charge < -0.3 is 0 Å². The van der Waals surface area contributed by atoms with Crippen molar-refractivity contribution in [2.45, 2.75) is 54.9 Å². The largest absolute Gasteiger partial charge is 0.0683 e. The zero-order chi connectivity index (χ0) is 12.3. The fourth-order valence-electron chi connectivity index (χ4n) is 1.31. The van der Waals surface area contributed by atoms with Crippen LogP contribution in [0.1, 0.15) is 52.7 Å². The summed E-state index contributed by atoms with van der Waals surface area (Å²) in [6.45, 7) is 14.6. The second-order valence-corrected chi connectivity index (χ2v) is 3.59. The third-order valence-corrected chi connectivity index (χ3v) is 1.73. The molecule has 0 aliphatic heterocycles. The van der Waals surface area contributed by atoms with Crippen molar-refractivity contribution in [2.75, 3.05) is 0 Å². The molecule has 0 bridgehead atoms. The van der Waals surface area contributed by atoms with Gasteiger partial charge in [-0.25, -0.2) is 0 Å². The molecule has 0 heteroatoms. The van der Waals surface area contributed by atoms with Crippen molar-refractivity contribution in [3.8, 4) is 0 Å². The average molecular weight is 208 g/mol. The van der Waals surface area contributed by atoms with Gasteiger partial charge in [-0.3, -0.25) is 0 Å². The van der Waals surface area contributed by atoms with E-state index in [-0.39, 0.29) is 0 Å². The standard InChI is InChI=1S/C11H16.2C2H6/c1-9(2)7-11-6-4-5-10(3)8-11;2*1-2/h4-6,8-9H,7H2,1-3H3;2*1-2H3. The van der Waals surface area contributed by atoms with Crippen LogP contribution in [-0.4, -0.2) is 0 Å². The highest BCUT2D eigenvalue weighted by Gasteiger charge is 1.96. The Hall–Kier alpha value is -0.780. The number of hydrogen-bond donors (Lipinski definition) is 0. The van der Waals surface area contributed by atoms with Gasteiger partial charge in [-0.2, -0.15) is 0 Å². The molecule has 15 heavy (non-hydrogen) atoms. The van der Waals surface area contributed by atoms with Gasteiger partial charge >= 0.3 is 0 Å². The molecule has 0 aromatic heterocycles. The van der Waals surface area contributed by atoms with E-state index in [4.69, 9.17) is 0 Å². The van der Waals surface area contributed by atoms with Crippen molar-refractivity contribution in [3.63, 3.8) is 0 Å². The van der Waals surface area contributed by atoms with Crippen LogP contribution in [0.25, 0.3) is 0 Å². The first-order valence-electron chi connectivity index (χ1n) is 6.24. The zero-order valence-corrected chi connectivity index (χ0v) is 11.6. The molecular weight excluding hydrogens is 180 g/mol. The third-order valence-electron chi connectivity index (χ3n) is 1.73. The van der Waals surface area contributed by atoms with E-state index >= 15 is 0 Å². The smallest absolute Gasteiger partial charge is 0.0256 e. The molecule has 0 heterocycles. The van der Waals surface area contributed by atoms with Gasteiger partial charge in [-0.05, 0) is 24.8 Å². The molecule has 0 amide bonds. The lowest BCUT2D eigenvalue weighted by molar-refractivity contribution is 0.647. The number of benzene rings is 1. The Kier molecular flexibility index (Phi) is 12.5. The topological polar surface area (TPSA) is 0 Å². The summed E-state index contributed by atoms with van der Waals surface area (Å²) in [5.74, 6) is 0.761. The molecule has 0 atom stereocenters. The van der Waals surface area contributed by atoms with Crippen molar-refractivity contribution >= 4 is 0 Å². The molecule has 0 aliphatic carbocycles. The lowest BCUT2D eigenvalue weighted by atomic mass is 10.0. The highest BCUT2D eigenvalue weighted by Crippen LogP contribution is 2.09. The minimum absolute atomic E-state index is 0.761. The molecule has 0 N–H and O–H groups in total. The van der Waals surface area contributed by atoms with Crippen LogP contribution in [0.5, 0.6) is 0 Å². The number of hydrogen-bond acceptors (Lipinski definition) is 0. The van der Waals surface area contributed by atoms with E-state index in [1.807, 2.05) is 27.7 Å². The van der Waals surface area contributed by atoms with E-state index in [1.165, 1.54) is 17.5 Å². The van der Waals surface area contributed by atoms with E-state index in [9.17, 15) is 0 Å². The number of rotatable bonds is 2. The van der Waals surface area contributed by atoms with E-state index in [1.54, 1.807) is 0 Å². The summed E-state index contributed by atoms with van der Waals surface area (Å²) in [7, 11) is 0. The Morgan fingerprint density at radius 1 is 1.00 bits per heavy atom. The molecule has 0 nitrogen and oxygen atoms in total. The molecule has 0 spiro atoms. The summed E-state index contributed by atoms with van der Waals surface area (Å²) in [6.07, 6.45) is 1.20. The highest BCUT2D eigenvalue weighted by molar-refractivity contribution is 5.22. The van der Waals surface area contributed by atoms with Gasteiger partial charge in [0.1, 0.15) is 0 Å². The minimum Gasteiger partial charge on any atom is -0.0683 e. The maximum atomic E-state index is 2.26. The molecule has 0 saturated heterocycles. The van der Waals surface area contributed by atoms with Gasteiger partial charge in [0.15, 0.2) is 0 Å². The molecule has 1 aromatic rings. The molecule has 1 aromatic carbocycles. The van der Waals surface area contributed by atoms with Gasteiger partial charge in [0.05, 0.1) is 0 Å². The first kappa shape index (κ1) is 16.6. The molecular formula is C15H28. The maximum absolute atomic E-state index is 2.26. The second kappa shape index (κ2) is 11.3. The molecule has 1 rings (SSSR count). The molecule has 0 unspecified atom stereocenters. The van der Waals surface area contributed by atoms with Gasteiger partial charge in [-0.1, -0.05) is 71.4 Å². The van der Waals surface area contributed by atoms with Gasteiger partial charge in [0, 0.05) is 0 Å². The Morgan fingerprint density at radius 2 is 1.53 bits per heavy atom. The third kappa shape index (κ3) is 9.52. The fraction of sp³-hybridized carbons (Fsp3) is 0.600. The summed E-state index contributed by atoms with van der Waals surface area (Å²) in [6, 6.07) is 8.74. The van der Waals surface area contributed by atoms with Crippen LogP contribution >= 0.6 is 0 Å². The van der Waals surface area contributed by atoms with Crippen molar-refractivity contribution < 1.29 is 0 Å². The van der Waals surface area contributed by atoms with Crippen LogP contribution in [0.2, 0.25) is 0 Å². The highest BCUT2D eigenvalue weighted by atomic mass is 14.0. The SMILES string of the molecule is CC.CC.Cc1cccc(CC(C)C)c1. The van der Waals surface area contributed by atoms with Crippen LogP contribution in [0, 0.1) is 12.8 Å². The molecule has 0 fully saturated rings. The second-order valence-electron chi connectivity index (χ2n) is 3.59. The number of aryl methyl sites for hydroxylation is 1. The average Bonchev–Trinajstić information content (AvgIpc) is 2.23. The molecule has 0 aliphatic rings. The summed E-state index contributed by atoms with van der Waals surface area (Å²) in [5, 5.41) is 0. The van der Waals surface area contributed by atoms with Crippen molar-refractivity contribution in [2.24, 2.45) is 5.92 Å². The molecule has 88 valence electrons. The van der Waals surface area contributed by atoms with Crippen molar-refractivity contribution in [1.82, 2.24) is 0 Å². The summed E-state index contributed by atoms with van der Waals surface area (Å²) >= 11 is 0.